The molecule has 0 aliphatic heterocycles. The number of aromatic nitrogens is 1. The first kappa shape index (κ1) is 10.4. The summed E-state index contributed by atoms with van der Waals surface area (Å²) in [4.78, 5) is 15.3. The lowest BCUT2D eigenvalue weighted by atomic mass is 10.1. The molecule has 0 unspecified atom stereocenters. The van der Waals surface area contributed by atoms with E-state index < -0.39 is 0 Å². The molecule has 2 nitrogen and oxygen atoms in total. The molecule has 0 fully saturated rings. The smallest absolute Gasteiger partial charge is 0.159 e. The molecule has 1 heterocycles. The molecule has 0 N–H and O–H groups in total. The van der Waals surface area contributed by atoms with Gasteiger partial charge in [0.15, 0.2) is 5.78 Å². The van der Waals surface area contributed by atoms with E-state index in [-0.39, 0.29) is 10.9 Å². The fourth-order valence-electron chi connectivity index (χ4n) is 1.35. The van der Waals surface area contributed by atoms with E-state index in [1.165, 1.54) is 6.92 Å². The largest absolute Gasteiger partial charge is 0.295 e. The number of halogens is 2. The molecule has 2 aromatic rings. The minimum atomic E-state index is 0.0166. The highest BCUT2D eigenvalue weighted by Crippen LogP contribution is 2.25. The summed E-state index contributed by atoms with van der Waals surface area (Å²) >= 11 is 11.6. The minimum absolute atomic E-state index is 0.0166. The topological polar surface area (TPSA) is 30.0 Å². The number of carbonyl (C=O) groups excluding carboxylic acids is 1. The van der Waals surface area contributed by atoms with E-state index >= 15 is 0 Å². The molecule has 0 saturated carbocycles. The maximum absolute atomic E-state index is 11.2. The monoisotopic (exact) mass is 239 g/mol. The van der Waals surface area contributed by atoms with Crippen molar-refractivity contribution in [3.63, 3.8) is 0 Å². The molecule has 4 heteroatoms. The molecule has 0 amide bonds. The first-order valence-corrected chi connectivity index (χ1v) is 5.10. The van der Waals surface area contributed by atoms with E-state index in [4.69, 9.17) is 23.2 Å². The maximum atomic E-state index is 11.2. The van der Waals surface area contributed by atoms with Gasteiger partial charge in [0.05, 0.1) is 10.5 Å². The van der Waals surface area contributed by atoms with Crippen LogP contribution in [0.3, 0.4) is 0 Å². The number of nitrogens with zero attached hydrogens (tertiary/aromatic N) is 1. The number of benzene rings is 1. The Bertz CT molecular complexity index is 552. The highest BCUT2D eigenvalue weighted by molar-refractivity contribution is 6.41. The van der Waals surface area contributed by atoms with Crippen LogP contribution in [0.2, 0.25) is 10.2 Å². The lowest BCUT2D eigenvalue weighted by Crippen LogP contribution is -1.92. The SMILES string of the molecule is CC(=O)c1ccc2nc(Cl)c(Cl)cc2c1. The molecule has 76 valence electrons. The van der Waals surface area contributed by atoms with Gasteiger partial charge in [-0.05, 0) is 31.2 Å². The number of ketones is 1. The summed E-state index contributed by atoms with van der Waals surface area (Å²) in [5.41, 5.74) is 1.37. The Morgan fingerprint density at radius 3 is 2.67 bits per heavy atom. The van der Waals surface area contributed by atoms with Crippen LogP contribution >= 0.6 is 23.2 Å². The average Bonchev–Trinajstić information content (AvgIpc) is 2.19. The van der Waals surface area contributed by atoms with Gasteiger partial charge in [0.25, 0.3) is 0 Å². The molecule has 1 aromatic carbocycles. The van der Waals surface area contributed by atoms with Crippen LogP contribution < -0.4 is 0 Å². The van der Waals surface area contributed by atoms with E-state index in [9.17, 15) is 4.79 Å². The van der Waals surface area contributed by atoms with Crippen LogP contribution in [0.15, 0.2) is 24.3 Å². The van der Waals surface area contributed by atoms with E-state index in [2.05, 4.69) is 4.98 Å². The Balaban J connectivity index is 2.72. The summed E-state index contributed by atoms with van der Waals surface area (Å²) in [6, 6.07) is 6.95. The van der Waals surface area contributed by atoms with Crippen molar-refractivity contribution >= 4 is 39.9 Å². The Labute approximate surface area is 96.8 Å². The zero-order valence-corrected chi connectivity index (χ0v) is 9.43. The number of hydrogen-bond acceptors (Lipinski definition) is 2. The highest BCUT2D eigenvalue weighted by Gasteiger charge is 2.05. The van der Waals surface area contributed by atoms with Gasteiger partial charge < -0.3 is 0 Å². The van der Waals surface area contributed by atoms with Crippen molar-refractivity contribution in [1.29, 1.82) is 0 Å². The van der Waals surface area contributed by atoms with Gasteiger partial charge in [-0.3, -0.25) is 4.79 Å². The minimum Gasteiger partial charge on any atom is -0.295 e. The molecular weight excluding hydrogens is 233 g/mol. The number of pyridine rings is 1. The number of carbonyl (C=O) groups is 1. The summed E-state index contributed by atoms with van der Waals surface area (Å²) < 4.78 is 0. The van der Waals surface area contributed by atoms with Crippen LogP contribution in [0.4, 0.5) is 0 Å². The fraction of sp³-hybridized carbons (Fsp3) is 0.0909. The van der Waals surface area contributed by atoms with Crippen LogP contribution in [0.25, 0.3) is 10.9 Å². The lowest BCUT2D eigenvalue weighted by molar-refractivity contribution is 0.101. The Morgan fingerprint density at radius 2 is 2.00 bits per heavy atom. The van der Waals surface area contributed by atoms with Crippen LogP contribution in [0, 0.1) is 0 Å². The standard InChI is InChI=1S/C11H7Cl2NO/c1-6(15)7-2-3-10-8(4-7)5-9(12)11(13)14-10/h2-5H,1H3. The molecule has 2 rings (SSSR count). The van der Waals surface area contributed by atoms with E-state index in [0.717, 1.165) is 10.9 Å². The Kier molecular flexibility index (Phi) is 2.63. The zero-order chi connectivity index (χ0) is 11.0. The van der Waals surface area contributed by atoms with E-state index in [0.29, 0.717) is 10.6 Å². The van der Waals surface area contributed by atoms with Crippen molar-refractivity contribution in [2.24, 2.45) is 0 Å². The van der Waals surface area contributed by atoms with Gasteiger partial charge in [0.2, 0.25) is 0 Å². The lowest BCUT2D eigenvalue weighted by Gasteiger charge is -2.01. The van der Waals surface area contributed by atoms with Gasteiger partial charge >= 0.3 is 0 Å². The maximum Gasteiger partial charge on any atom is 0.159 e. The second kappa shape index (κ2) is 3.80. The predicted octanol–water partition coefficient (Wildman–Crippen LogP) is 3.74. The molecule has 0 spiro atoms. The van der Waals surface area contributed by atoms with Gasteiger partial charge in [0.1, 0.15) is 5.15 Å². The van der Waals surface area contributed by atoms with Gasteiger partial charge in [-0.2, -0.15) is 0 Å². The summed E-state index contributed by atoms with van der Waals surface area (Å²) in [5.74, 6) is 0.0166. The molecule has 0 aliphatic rings. The van der Waals surface area contributed by atoms with Crippen molar-refractivity contribution in [2.45, 2.75) is 6.92 Å². The van der Waals surface area contributed by atoms with Gasteiger partial charge in [-0.15, -0.1) is 0 Å². The van der Waals surface area contributed by atoms with Crippen LogP contribution in [0.1, 0.15) is 17.3 Å². The van der Waals surface area contributed by atoms with Gasteiger partial charge in [0, 0.05) is 10.9 Å². The summed E-state index contributed by atoms with van der Waals surface area (Å²) in [7, 11) is 0. The van der Waals surface area contributed by atoms with Crippen LogP contribution in [-0.2, 0) is 0 Å². The molecule has 15 heavy (non-hydrogen) atoms. The van der Waals surface area contributed by atoms with Gasteiger partial charge in [-0.25, -0.2) is 4.98 Å². The fourth-order valence-corrected chi connectivity index (χ4v) is 1.65. The summed E-state index contributed by atoms with van der Waals surface area (Å²) in [6.45, 7) is 1.52. The molecule has 0 radical (unpaired) electrons. The van der Waals surface area contributed by atoms with Crippen molar-refractivity contribution in [1.82, 2.24) is 4.98 Å². The number of hydrogen-bond donors (Lipinski definition) is 0. The summed E-state index contributed by atoms with van der Waals surface area (Å²) in [5, 5.41) is 1.49. The van der Waals surface area contributed by atoms with Crippen molar-refractivity contribution in [3.8, 4) is 0 Å². The third kappa shape index (κ3) is 1.96. The molecule has 0 saturated heterocycles. The van der Waals surface area contributed by atoms with E-state index in [1.54, 1.807) is 24.3 Å². The second-order valence-corrected chi connectivity index (χ2v) is 3.99. The number of Topliss-reactive ketones (excluding diaryl/α,β-unsaturated/α-hetero) is 1. The average molecular weight is 240 g/mol. The van der Waals surface area contributed by atoms with Gasteiger partial charge in [-0.1, -0.05) is 23.2 Å². The molecule has 0 bridgehead atoms. The molecule has 0 atom stereocenters. The Hall–Kier alpha value is -1.12. The number of rotatable bonds is 1. The van der Waals surface area contributed by atoms with Crippen LogP contribution in [0.5, 0.6) is 0 Å². The normalized spacial score (nSPS) is 10.6. The molecule has 0 aliphatic carbocycles. The second-order valence-electron chi connectivity index (χ2n) is 3.22. The van der Waals surface area contributed by atoms with Crippen molar-refractivity contribution in [2.75, 3.05) is 0 Å². The van der Waals surface area contributed by atoms with Crippen LogP contribution in [-0.4, -0.2) is 10.8 Å². The Morgan fingerprint density at radius 1 is 1.27 bits per heavy atom. The quantitative estimate of drug-likeness (QED) is 0.561. The van der Waals surface area contributed by atoms with Crippen molar-refractivity contribution < 1.29 is 4.79 Å². The first-order chi connectivity index (χ1) is 7.08. The highest BCUT2D eigenvalue weighted by atomic mass is 35.5. The number of fused-ring (bicyclic) bond motifs is 1. The molecular formula is C11H7Cl2NO. The third-order valence-electron chi connectivity index (χ3n) is 2.13. The van der Waals surface area contributed by atoms with Crippen molar-refractivity contribution in [3.05, 3.63) is 40.0 Å². The molecule has 1 aromatic heterocycles. The third-order valence-corrected chi connectivity index (χ3v) is 2.80. The van der Waals surface area contributed by atoms with E-state index in [1.807, 2.05) is 0 Å². The summed E-state index contributed by atoms with van der Waals surface area (Å²) in [6.07, 6.45) is 0. The zero-order valence-electron chi connectivity index (χ0n) is 7.92. The first-order valence-electron chi connectivity index (χ1n) is 4.34. The predicted molar refractivity (Wildman–Crippen MR) is 61.8 cm³/mol.